The number of terminal acetylenes is 1. The Morgan fingerprint density at radius 1 is 1.19 bits per heavy atom. The molecule has 0 aliphatic carbocycles. The zero-order valence-corrected chi connectivity index (χ0v) is 12.0. The summed E-state index contributed by atoms with van der Waals surface area (Å²) in [6, 6.07) is 14.4. The summed E-state index contributed by atoms with van der Waals surface area (Å²) in [5.41, 5.74) is 11.0. The normalized spacial score (nSPS) is 10.7. The van der Waals surface area contributed by atoms with Crippen LogP contribution in [0.15, 0.2) is 42.5 Å². The summed E-state index contributed by atoms with van der Waals surface area (Å²) in [6.45, 7) is 3.11. The average molecular weight is 275 g/mol. The van der Waals surface area contributed by atoms with Crippen molar-refractivity contribution in [1.29, 1.82) is 0 Å². The maximum Gasteiger partial charge on any atom is 0.141 e. The lowest BCUT2D eigenvalue weighted by atomic mass is 10.1. The smallest absolute Gasteiger partial charge is 0.141 e. The largest absolute Gasteiger partial charge is 0.326 e. The van der Waals surface area contributed by atoms with Gasteiger partial charge in [-0.3, -0.25) is 0 Å². The Kier molecular flexibility index (Phi) is 3.47. The van der Waals surface area contributed by atoms with Crippen LogP contribution in [0, 0.1) is 19.3 Å². The van der Waals surface area contributed by atoms with Crippen LogP contribution < -0.4 is 5.73 Å². The lowest BCUT2D eigenvalue weighted by molar-refractivity contribution is 0.881. The topological polar surface area (TPSA) is 43.8 Å². The molecule has 0 unspecified atom stereocenters. The third kappa shape index (κ3) is 2.42. The number of imidazole rings is 1. The zero-order chi connectivity index (χ0) is 14.8. The third-order valence-corrected chi connectivity index (χ3v) is 3.60. The molecule has 0 aliphatic heterocycles. The van der Waals surface area contributed by atoms with Gasteiger partial charge in [0.15, 0.2) is 0 Å². The minimum atomic E-state index is 0.507. The van der Waals surface area contributed by atoms with Crippen molar-refractivity contribution in [2.75, 3.05) is 0 Å². The van der Waals surface area contributed by atoms with Gasteiger partial charge in [0, 0.05) is 12.1 Å². The Morgan fingerprint density at radius 2 is 1.95 bits per heavy atom. The number of rotatable bonds is 3. The molecule has 0 saturated carbocycles. The molecule has 0 saturated heterocycles. The van der Waals surface area contributed by atoms with Crippen molar-refractivity contribution in [2.24, 2.45) is 5.73 Å². The molecular formula is C18H17N3. The second kappa shape index (κ2) is 5.43. The summed E-state index contributed by atoms with van der Waals surface area (Å²) in [4.78, 5) is 4.75. The minimum Gasteiger partial charge on any atom is -0.326 e. The van der Waals surface area contributed by atoms with Crippen molar-refractivity contribution in [1.82, 2.24) is 9.55 Å². The van der Waals surface area contributed by atoms with E-state index in [0.717, 1.165) is 28.0 Å². The molecule has 0 atom stereocenters. The van der Waals surface area contributed by atoms with Crippen molar-refractivity contribution in [3.8, 4) is 23.7 Å². The zero-order valence-electron chi connectivity index (χ0n) is 12.0. The maximum absolute atomic E-state index is 5.65. The van der Waals surface area contributed by atoms with Crippen molar-refractivity contribution in [3.05, 3.63) is 53.6 Å². The van der Waals surface area contributed by atoms with Gasteiger partial charge in [0.25, 0.3) is 0 Å². The van der Waals surface area contributed by atoms with Gasteiger partial charge in [-0.25, -0.2) is 4.98 Å². The molecule has 0 spiro atoms. The maximum atomic E-state index is 5.65. The van der Waals surface area contributed by atoms with Gasteiger partial charge in [-0.15, -0.1) is 6.42 Å². The summed E-state index contributed by atoms with van der Waals surface area (Å²) in [5, 5.41) is 0. The van der Waals surface area contributed by atoms with Crippen LogP contribution in [0.1, 0.15) is 11.1 Å². The first-order chi connectivity index (χ1) is 10.2. The van der Waals surface area contributed by atoms with Crippen LogP contribution in [0.5, 0.6) is 0 Å². The van der Waals surface area contributed by atoms with Crippen LogP contribution in [0.3, 0.4) is 0 Å². The standard InChI is InChI=1S/C18H17N3/c1-3-10-21-17-9-4-13(2)11-16(17)20-18(21)15-7-5-14(12-19)6-8-15/h1,4-9,11H,10,12,19H2,2H3. The average Bonchev–Trinajstić information content (AvgIpc) is 2.85. The Morgan fingerprint density at radius 3 is 2.62 bits per heavy atom. The number of hydrogen-bond acceptors (Lipinski definition) is 2. The monoisotopic (exact) mass is 275 g/mol. The molecule has 2 N–H and O–H groups in total. The number of hydrogen-bond donors (Lipinski definition) is 1. The molecule has 3 aromatic rings. The summed E-state index contributed by atoms with van der Waals surface area (Å²) < 4.78 is 2.08. The first kappa shape index (κ1) is 13.4. The van der Waals surface area contributed by atoms with Gasteiger partial charge in [0.2, 0.25) is 0 Å². The number of fused-ring (bicyclic) bond motifs is 1. The number of nitrogens with two attached hydrogens (primary N) is 1. The fourth-order valence-corrected chi connectivity index (χ4v) is 2.50. The first-order valence-corrected chi connectivity index (χ1v) is 6.92. The van der Waals surface area contributed by atoms with E-state index in [0.29, 0.717) is 13.1 Å². The quantitative estimate of drug-likeness (QED) is 0.746. The molecule has 1 heterocycles. The molecular weight excluding hydrogens is 258 g/mol. The van der Waals surface area contributed by atoms with E-state index in [2.05, 4.69) is 35.6 Å². The first-order valence-electron chi connectivity index (χ1n) is 6.92. The van der Waals surface area contributed by atoms with Gasteiger partial charge in [0.1, 0.15) is 5.82 Å². The molecule has 0 radical (unpaired) electrons. The molecule has 2 aromatic carbocycles. The van der Waals surface area contributed by atoms with Crippen molar-refractivity contribution in [3.63, 3.8) is 0 Å². The molecule has 104 valence electrons. The van der Waals surface area contributed by atoms with Gasteiger partial charge in [0.05, 0.1) is 17.6 Å². The highest BCUT2D eigenvalue weighted by Crippen LogP contribution is 2.25. The lowest BCUT2D eigenvalue weighted by Crippen LogP contribution is -1.99. The second-order valence-corrected chi connectivity index (χ2v) is 5.12. The predicted octanol–water partition coefficient (Wildman–Crippen LogP) is 3.10. The van der Waals surface area contributed by atoms with Gasteiger partial charge < -0.3 is 10.3 Å². The van der Waals surface area contributed by atoms with Gasteiger partial charge in [-0.2, -0.15) is 0 Å². The Labute approximate surface area is 124 Å². The van der Waals surface area contributed by atoms with Gasteiger partial charge in [-0.1, -0.05) is 36.3 Å². The van der Waals surface area contributed by atoms with E-state index in [-0.39, 0.29) is 0 Å². The van der Waals surface area contributed by atoms with Crippen molar-refractivity contribution in [2.45, 2.75) is 20.0 Å². The molecule has 1 aromatic heterocycles. The molecule has 21 heavy (non-hydrogen) atoms. The highest BCUT2D eigenvalue weighted by Gasteiger charge is 2.11. The van der Waals surface area contributed by atoms with Crippen LogP contribution in [0.2, 0.25) is 0 Å². The minimum absolute atomic E-state index is 0.507. The van der Waals surface area contributed by atoms with Crippen molar-refractivity contribution < 1.29 is 0 Å². The number of nitrogens with zero attached hydrogens (tertiary/aromatic N) is 2. The molecule has 0 fully saturated rings. The third-order valence-electron chi connectivity index (χ3n) is 3.60. The van der Waals surface area contributed by atoms with E-state index in [1.165, 1.54) is 5.56 Å². The molecule has 3 rings (SSSR count). The molecule has 0 aliphatic rings. The Bertz CT molecular complexity index is 820. The van der Waals surface area contributed by atoms with Crippen LogP contribution in [-0.4, -0.2) is 9.55 Å². The number of aromatic nitrogens is 2. The van der Waals surface area contributed by atoms with E-state index in [1.54, 1.807) is 0 Å². The van der Waals surface area contributed by atoms with Gasteiger partial charge >= 0.3 is 0 Å². The predicted molar refractivity (Wildman–Crippen MR) is 86.6 cm³/mol. The van der Waals surface area contributed by atoms with E-state index in [9.17, 15) is 0 Å². The lowest BCUT2D eigenvalue weighted by Gasteiger charge is -2.06. The SMILES string of the molecule is C#CCn1c(-c2ccc(CN)cc2)nc2cc(C)ccc21. The highest BCUT2D eigenvalue weighted by atomic mass is 15.1. The molecule has 0 bridgehead atoms. The van der Waals surface area contributed by atoms with Crippen LogP contribution in [0.4, 0.5) is 0 Å². The summed E-state index contributed by atoms with van der Waals surface area (Å²) >= 11 is 0. The number of aryl methyl sites for hydroxylation is 1. The molecule has 3 heteroatoms. The highest BCUT2D eigenvalue weighted by molar-refractivity contribution is 5.81. The van der Waals surface area contributed by atoms with Crippen LogP contribution in [-0.2, 0) is 13.1 Å². The van der Waals surface area contributed by atoms with E-state index in [4.69, 9.17) is 17.1 Å². The van der Waals surface area contributed by atoms with E-state index < -0.39 is 0 Å². The van der Waals surface area contributed by atoms with Crippen molar-refractivity contribution >= 4 is 11.0 Å². The van der Waals surface area contributed by atoms with E-state index in [1.807, 2.05) is 24.3 Å². The van der Waals surface area contributed by atoms with Crippen LogP contribution in [0.25, 0.3) is 22.4 Å². The Balaban J connectivity index is 2.20. The molecule has 3 nitrogen and oxygen atoms in total. The summed E-state index contributed by atoms with van der Waals surface area (Å²) in [6.07, 6.45) is 5.52. The Hall–Kier alpha value is -2.57. The van der Waals surface area contributed by atoms with E-state index >= 15 is 0 Å². The van der Waals surface area contributed by atoms with Crippen LogP contribution >= 0.6 is 0 Å². The summed E-state index contributed by atoms with van der Waals surface area (Å²) in [5.74, 6) is 3.61. The summed E-state index contributed by atoms with van der Waals surface area (Å²) in [7, 11) is 0. The fourth-order valence-electron chi connectivity index (χ4n) is 2.50. The number of benzene rings is 2. The second-order valence-electron chi connectivity index (χ2n) is 5.12. The molecule has 0 amide bonds. The fraction of sp³-hybridized carbons (Fsp3) is 0.167. The van der Waals surface area contributed by atoms with Gasteiger partial charge in [-0.05, 0) is 30.2 Å².